The summed E-state index contributed by atoms with van der Waals surface area (Å²) in [5.74, 6) is -2.08. The number of fused-ring (bicyclic) bond motifs is 2. The average molecular weight is 1210 g/mol. The van der Waals surface area contributed by atoms with Crippen LogP contribution in [0, 0.1) is 0 Å². The smallest absolute Gasteiger partial charge is 0.387 e. The maximum absolute atomic E-state index is 13.0. The predicted octanol–water partition coefficient (Wildman–Crippen LogP) is 4.73. The lowest BCUT2D eigenvalue weighted by molar-refractivity contribution is -0.151. The number of amides is 2. The quantitative estimate of drug-likeness (QED) is 0.0774. The Morgan fingerprint density at radius 3 is 1.33 bits per heavy atom. The third-order valence-corrected chi connectivity index (χ3v) is 15.2. The van der Waals surface area contributed by atoms with Gasteiger partial charge in [0.1, 0.15) is 23.7 Å². The van der Waals surface area contributed by atoms with Crippen LogP contribution in [0.1, 0.15) is 37.8 Å². The molecule has 0 radical (unpaired) electrons. The van der Waals surface area contributed by atoms with Gasteiger partial charge in [-0.2, -0.15) is 17.6 Å². The average Bonchev–Trinajstić information content (AvgIpc) is 1.77. The van der Waals surface area contributed by atoms with Crippen LogP contribution in [0.2, 0.25) is 0 Å². The fourth-order valence-electron chi connectivity index (χ4n) is 10.7. The number of esters is 1. The number of alkyl halides is 4. The molecule has 0 aliphatic carbocycles. The minimum atomic E-state index is -2.98. The molecule has 2 aliphatic heterocycles. The van der Waals surface area contributed by atoms with Crippen LogP contribution in [0.3, 0.4) is 0 Å². The van der Waals surface area contributed by atoms with E-state index in [-0.39, 0.29) is 54.3 Å². The lowest BCUT2D eigenvalue weighted by atomic mass is 10.1. The minimum Gasteiger partial charge on any atom is -0.481 e. The number of carbonyl (C=O) groups is 4. The van der Waals surface area contributed by atoms with Crippen molar-refractivity contribution in [2.75, 3.05) is 56.2 Å². The zero-order valence-electron chi connectivity index (χ0n) is 47.8. The molecule has 4 atom stereocenters. The summed E-state index contributed by atoms with van der Waals surface area (Å²) in [6, 6.07) is 23.0. The number of carbonyl (C=O) groups excluding carboxylic acids is 3. The lowest BCUT2D eigenvalue weighted by Gasteiger charge is -2.40. The third kappa shape index (κ3) is 13.9. The molecule has 10 rings (SSSR count). The van der Waals surface area contributed by atoms with Crippen molar-refractivity contribution in [3.63, 3.8) is 0 Å². The molecule has 2 amide bonds. The highest BCUT2D eigenvalue weighted by Crippen LogP contribution is 2.30. The van der Waals surface area contributed by atoms with Crippen molar-refractivity contribution < 1.29 is 66.3 Å². The number of benzene rings is 4. The molecule has 6 heterocycles. The van der Waals surface area contributed by atoms with Crippen molar-refractivity contribution in [2.45, 2.75) is 77.3 Å². The van der Waals surface area contributed by atoms with E-state index < -0.39 is 62.0 Å². The number of hydrogen-bond acceptors (Lipinski definition) is 17. The number of para-hydroxylation sites is 2. The number of halogens is 4. The molecule has 24 nitrogen and oxygen atoms in total. The molecule has 0 bridgehead atoms. The molecule has 458 valence electrons. The van der Waals surface area contributed by atoms with Gasteiger partial charge in [0, 0.05) is 112 Å². The first kappa shape index (κ1) is 61.8. The Hall–Kier alpha value is -9.70. The number of carboxylic acids is 1. The molecule has 2 saturated heterocycles. The first-order chi connectivity index (χ1) is 41.6. The van der Waals surface area contributed by atoms with E-state index in [9.17, 15) is 56.5 Å². The van der Waals surface area contributed by atoms with Gasteiger partial charge in [-0.3, -0.25) is 47.5 Å². The molecular weight excluding hydrogens is 1140 g/mol. The number of ether oxygens (including phenoxy) is 3. The number of methoxy groups -OCH3 is 1. The number of piperazine rings is 2. The van der Waals surface area contributed by atoms with E-state index >= 15 is 0 Å². The van der Waals surface area contributed by atoms with Crippen LogP contribution >= 0.6 is 0 Å². The first-order valence-electron chi connectivity index (χ1n) is 27.5. The van der Waals surface area contributed by atoms with Gasteiger partial charge in [-0.1, -0.05) is 48.5 Å². The molecule has 4 aromatic heterocycles. The van der Waals surface area contributed by atoms with Gasteiger partial charge in [0.2, 0.25) is 11.9 Å². The van der Waals surface area contributed by atoms with Crippen molar-refractivity contribution in [3.8, 4) is 33.8 Å². The molecule has 0 saturated carbocycles. The standard InChI is InChI=1S/C30H32F2N6O6.C29H30F2N6O6/c1-18-16-36(10-11-37(18)28(42)24(39)13-26(40)43-3)30-33-14-21(15-34-30)19-8-9-22-23(12-19)38(35(2)27(22)41)17-20-6-4-5-7-25(20)44-29(31)32;1-17-15-35(9-10-36(17)27(42)23(38)12-25(39)40)29-32-13-20(14-33-29)18-7-8-21-22(11-18)37(34(2)26(21)41)16-19-5-3-4-6-24(19)43-28(30)31/h4-9,12,14-15,18,24,29,39H,10-11,13,16-17H2,1-3H3;3-8,11,13-14,17,23,28,38H,9-10,12,15-16H2,1-2H3,(H,39,40)/t18-,24-;17-,23-/m11/s1. The maximum atomic E-state index is 13.0. The van der Waals surface area contributed by atoms with E-state index in [1.165, 1.54) is 38.4 Å². The zero-order valence-corrected chi connectivity index (χ0v) is 47.8. The number of carboxylic acid groups (broad SMARTS) is 1. The van der Waals surface area contributed by atoms with Crippen molar-refractivity contribution in [3.05, 3.63) is 142 Å². The summed E-state index contributed by atoms with van der Waals surface area (Å²) in [7, 11) is 4.42. The second kappa shape index (κ2) is 26.7. The lowest BCUT2D eigenvalue weighted by Crippen LogP contribution is -2.56. The van der Waals surface area contributed by atoms with E-state index in [2.05, 4.69) is 34.1 Å². The van der Waals surface area contributed by atoms with Gasteiger partial charge in [-0.15, -0.1) is 0 Å². The Morgan fingerprint density at radius 2 is 0.966 bits per heavy atom. The van der Waals surface area contributed by atoms with Crippen molar-refractivity contribution in [1.29, 1.82) is 0 Å². The van der Waals surface area contributed by atoms with Crippen molar-refractivity contribution in [1.82, 2.24) is 48.5 Å². The minimum absolute atomic E-state index is 0.0305. The van der Waals surface area contributed by atoms with Gasteiger partial charge >= 0.3 is 25.2 Å². The number of aliphatic hydroxyl groups is 2. The molecule has 87 heavy (non-hydrogen) atoms. The summed E-state index contributed by atoms with van der Waals surface area (Å²) >= 11 is 0. The zero-order chi connectivity index (χ0) is 62.4. The second-order valence-electron chi connectivity index (χ2n) is 20.8. The van der Waals surface area contributed by atoms with Crippen LogP contribution in [0.5, 0.6) is 11.5 Å². The summed E-state index contributed by atoms with van der Waals surface area (Å²) in [6.07, 6.45) is 2.53. The van der Waals surface area contributed by atoms with E-state index in [1.807, 2.05) is 28.9 Å². The highest BCUT2D eigenvalue weighted by atomic mass is 19.3. The normalized spacial score (nSPS) is 16.0. The maximum Gasteiger partial charge on any atom is 0.387 e. The summed E-state index contributed by atoms with van der Waals surface area (Å²) in [5.41, 5.74) is 4.61. The molecule has 2 fully saturated rings. The third-order valence-electron chi connectivity index (χ3n) is 15.2. The fourth-order valence-corrected chi connectivity index (χ4v) is 10.7. The molecular formula is C59H62F4N12O12. The van der Waals surface area contributed by atoms with Crippen molar-refractivity contribution >= 4 is 57.5 Å². The topological polar surface area (TPSA) is 275 Å². The number of aliphatic hydroxyl groups excluding tert-OH is 2. The largest absolute Gasteiger partial charge is 0.481 e. The molecule has 4 aromatic carbocycles. The van der Waals surface area contributed by atoms with Crippen molar-refractivity contribution in [2.24, 2.45) is 14.1 Å². The Morgan fingerprint density at radius 1 is 0.575 bits per heavy atom. The summed E-state index contributed by atoms with van der Waals surface area (Å²) < 4.78 is 72.0. The summed E-state index contributed by atoms with van der Waals surface area (Å²) in [6.45, 7) is 0.178. The molecule has 0 spiro atoms. The van der Waals surface area contributed by atoms with Gasteiger partial charge in [-0.05, 0) is 61.4 Å². The molecule has 0 unspecified atom stereocenters. The van der Waals surface area contributed by atoms with E-state index in [1.54, 1.807) is 116 Å². The molecule has 3 N–H and O–H groups in total. The van der Waals surface area contributed by atoms with E-state index in [4.69, 9.17) is 5.11 Å². The van der Waals surface area contributed by atoms with E-state index in [0.717, 1.165) is 11.1 Å². The van der Waals surface area contributed by atoms with Crippen LogP contribution < -0.4 is 30.4 Å². The number of nitrogens with zero attached hydrogens (tertiary/aromatic N) is 12. The van der Waals surface area contributed by atoms with Crippen LogP contribution in [0.15, 0.2) is 119 Å². The fraction of sp³-hybridized carbons (Fsp3) is 0.356. The number of anilines is 2. The summed E-state index contributed by atoms with van der Waals surface area (Å²) in [5, 5.41) is 29.9. The number of hydrogen-bond donors (Lipinski definition) is 3. The molecule has 28 heteroatoms. The Balaban J connectivity index is 0.000000208. The summed E-state index contributed by atoms with van der Waals surface area (Å²) in [4.78, 5) is 98.3. The van der Waals surface area contributed by atoms with E-state index in [0.29, 0.717) is 88.7 Å². The van der Waals surface area contributed by atoms with Gasteiger partial charge in [0.25, 0.3) is 22.9 Å². The predicted molar refractivity (Wildman–Crippen MR) is 308 cm³/mol. The Kier molecular flexibility index (Phi) is 19.0. The Bertz CT molecular complexity index is 3930. The Labute approximate surface area is 493 Å². The van der Waals surface area contributed by atoms with Gasteiger partial charge in [0.15, 0.2) is 0 Å². The van der Waals surface area contributed by atoms with Crippen LogP contribution in [-0.2, 0) is 51.1 Å². The van der Waals surface area contributed by atoms with Gasteiger partial charge < -0.3 is 49.1 Å². The SMILES string of the molecule is COC(=O)C[C@@H](O)C(=O)N1CCN(c2ncc(-c3ccc4c(=O)n(C)n(Cc5ccccc5OC(F)F)c4c3)cn2)C[C@H]1C.C[C@@H]1CN(c2ncc(-c3ccc4c(=O)n(C)n(Cc5ccccc5OC(F)F)c4c3)cn2)CCN1C(=O)[C@H](O)CC(=O)O. The van der Waals surface area contributed by atoms with Crippen LogP contribution in [0.4, 0.5) is 29.5 Å². The first-order valence-corrected chi connectivity index (χ1v) is 27.5. The number of aliphatic carboxylic acids is 1. The van der Waals surface area contributed by atoms with Crippen LogP contribution in [-0.4, -0.2) is 171 Å². The molecule has 8 aromatic rings. The van der Waals surface area contributed by atoms with Gasteiger partial charge in [-0.25, -0.2) is 19.9 Å². The highest BCUT2D eigenvalue weighted by Gasteiger charge is 2.35. The number of rotatable bonds is 18. The highest BCUT2D eigenvalue weighted by molar-refractivity contribution is 5.88. The number of aromatic nitrogens is 8. The second-order valence-corrected chi connectivity index (χ2v) is 20.8. The van der Waals surface area contributed by atoms with Crippen LogP contribution in [0.25, 0.3) is 44.1 Å². The molecule has 2 aliphatic rings. The monoisotopic (exact) mass is 1210 g/mol. The van der Waals surface area contributed by atoms with Gasteiger partial charge in [0.05, 0.1) is 54.8 Å².